The maximum Gasteiger partial charge on any atom is 1.00 e. The molecule has 0 saturated carbocycles. The van der Waals surface area contributed by atoms with Crippen LogP contribution in [0, 0.1) is 6.92 Å². The van der Waals surface area contributed by atoms with Gasteiger partial charge in [0.25, 0.3) is 0 Å². The zero-order chi connectivity index (χ0) is 8.74. The normalized spacial score (nSPS) is 11.0. The Morgan fingerprint density at radius 3 is 2.25 bits per heavy atom. The average Bonchev–Trinajstić information content (AvgIpc) is 1.99. The monoisotopic (exact) mass is 180 g/mol. The van der Waals surface area contributed by atoms with Crippen LogP contribution in [0.4, 0.5) is 0 Å². The van der Waals surface area contributed by atoms with Gasteiger partial charge in [-0.25, -0.2) is 0 Å². The van der Waals surface area contributed by atoms with Gasteiger partial charge in [-0.1, -0.05) is 27.2 Å². The van der Waals surface area contributed by atoms with Crippen molar-refractivity contribution in [3.05, 3.63) is 6.92 Å². The van der Waals surface area contributed by atoms with E-state index in [0.29, 0.717) is 4.75 Å². The molecule has 0 radical (unpaired) electrons. The summed E-state index contributed by atoms with van der Waals surface area (Å²) < 4.78 is 0.487. The Balaban J connectivity index is 0. The van der Waals surface area contributed by atoms with Gasteiger partial charge >= 0.3 is 18.9 Å². The summed E-state index contributed by atoms with van der Waals surface area (Å²) in [7, 11) is 0. The van der Waals surface area contributed by atoms with Crippen LogP contribution in [0.2, 0.25) is 0 Å². The number of rotatable bonds is 6. The van der Waals surface area contributed by atoms with Crippen LogP contribution >= 0.6 is 11.8 Å². The molecule has 68 valence electrons. The minimum Gasteiger partial charge on any atom is -0.343 e. The first-order chi connectivity index (χ1) is 5.12. The second kappa shape index (κ2) is 8.54. The number of thioether (sulfide) groups is 1. The Bertz CT molecular complexity index is 91.8. The average molecular weight is 180 g/mol. The minimum atomic E-state index is 0. The van der Waals surface area contributed by atoms with Crippen LogP contribution in [0.1, 0.15) is 46.5 Å². The molecule has 0 heterocycles. The predicted octanol–water partition coefficient (Wildman–Crippen LogP) is 0.917. The first kappa shape index (κ1) is 15.4. The van der Waals surface area contributed by atoms with E-state index < -0.39 is 0 Å². The molecule has 0 bridgehead atoms. The Morgan fingerprint density at radius 1 is 1.25 bits per heavy atom. The van der Waals surface area contributed by atoms with Crippen molar-refractivity contribution in [2.45, 2.75) is 51.2 Å². The van der Waals surface area contributed by atoms with Crippen molar-refractivity contribution in [3.8, 4) is 0 Å². The molecule has 2 heteroatoms. The van der Waals surface area contributed by atoms with Gasteiger partial charge in [0, 0.05) is 4.75 Å². The third-order valence-corrected chi connectivity index (χ3v) is 3.55. The van der Waals surface area contributed by atoms with E-state index in [1.807, 2.05) is 0 Å². The summed E-state index contributed by atoms with van der Waals surface area (Å²) >= 11 is 2.09. The first-order valence-electron chi connectivity index (χ1n) is 4.55. The molecule has 0 aliphatic rings. The van der Waals surface area contributed by atoms with Gasteiger partial charge in [0.15, 0.2) is 0 Å². The second-order valence-electron chi connectivity index (χ2n) is 3.52. The van der Waals surface area contributed by atoms with Gasteiger partial charge in [-0.2, -0.15) is 18.2 Å². The fourth-order valence-electron chi connectivity index (χ4n) is 0.729. The van der Waals surface area contributed by atoms with Crippen LogP contribution in [0.3, 0.4) is 0 Å². The Kier molecular flexibility index (Phi) is 11.0. The zero-order valence-electron chi connectivity index (χ0n) is 9.15. The molecule has 0 fully saturated rings. The van der Waals surface area contributed by atoms with E-state index in [9.17, 15) is 0 Å². The summed E-state index contributed by atoms with van der Waals surface area (Å²) in [6, 6.07) is 0. The summed E-state index contributed by atoms with van der Waals surface area (Å²) in [6.45, 7) is 10.7. The molecule has 0 aromatic carbocycles. The third kappa shape index (κ3) is 9.04. The zero-order valence-corrected chi connectivity index (χ0v) is 9.97. The van der Waals surface area contributed by atoms with Crippen LogP contribution in [-0.2, 0) is 0 Å². The maximum absolute atomic E-state index is 3.83. The summed E-state index contributed by atoms with van der Waals surface area (Å²) in [5, 5.41) is 0. The first-order valence-corrected chi connectivity index (χ1v) is 5.54. The van der Waals surface area contributed by atoms with Crippen LogP contribution in [0.5, 0.6) is 0 Å². The van der Waals surface area contributed by atoms with Gasteiger partial charge in [-0.3, -0.25) is 0 Å². The van der Waals surface area contributed by atoms with Crippen molar-refractivity contribution >= 4 is 11.8 Å². The second-order valence-corrected chi connectivity index (χ2v) is 5.32. The van der Waals surface area contributed by atoms with Crippen molar-refractivity contribution < 1.29 is 18.9 Å². The Morgan fingerprint density at radius 2 is 1.83 bits per heavy atom. The van der Waals surface area contributed by atoms with E-state index >= 15 is 0 Å². The summed E-state index contributed by atoms with van der Waals surface area (Å²) in [5.41, 5.74) is 0. The topological polar surface area (TPSA) is 0 Å². The Hall–Kier alpha value is 0.947. The van der Waals surface area contributed by atoms with Gasteiger partial charge in [-0.05, 0) is 18.6 Å². The minimum absolute atomic E-state index is 0. The number of hydrogen-bond acceptors (Lipinski definition) is 1. The molecule has 0 nitrogen and oxygen atoms in total. The molecular weight excluding hydrogens is 159 g/mol. The van der Waals surface area contributed by atoms with Crippen molar-refractivity contribution in [2.24, 2.45) is 0 Å². The molecule has 0 saturated heterocycles. The molecule has 0 rings (SSSR count). The van der Waals surface area contributed by atoms with Gasteiger partial charge in [0.1, 0.15) is 0 Å². The third-order valence-electron chi connectivity index (χ3n) is 1.99. The molecule has 0 aliphatic carbocycles. The van der Waals surface area contributed by atoms with E-state index in [4.69, 9.17) is 0 Å². The fourth-order valence-corrected chi connectivity index (χ4v) is 1.83. The maximum atomic E-state index is 3.83. The smallest absolute Gasteiger partial charge is 0.343 e. The largest absolute Gasteiger partial charge is 1.00 e. The van der Waals surface area contributed by atoms with Crippen LogP contribution in [0.25, 0.3) is 0 Å². The van der Waals surface area contributed by atoms with E-state index in [1.54, 1.807) is 0 Å². The molecule has 0 aliphatic heterocycles. The van der Waals surface area contributed by atoms with Gasteiger partial charge in [-0.15, -0.1) is 0 Å². The quantitative estimate of drug-likeness (QED) is 0.333. The van der Waals surface area contributed by atoms with E-state index in [0.717, 1.165) is 6.42 Å². The van der Waals surface area contributed by atoms with Crippen LogP contribution < -0.4 is 18.9 Å². The van der Waals surface area contributed by atoms with Gasteiger partial charge < -0.3 is 6.92 Å². The molecule has 0 unspecified atom stereocenters. The van der Waals surface area contributed by atoms with Gasteiger partial charge in [0.2, 0.25) is 0 Å². The molecule has 0 aromatic rings. The fraction of sp³-hybridized carbons (Fsp3) is 0.900. The van der Waals surface area contributed by atoms with E-state index in [-0.39, 0.29) is 18.9 Å². The summed E-state index contributed by atoms with van der Waals surface area (Å²) in [4.78, 5) is 0. The molecule has 0 aromatic heterocycles. The number of unbranched alkanes of at least 4 members (excludes halogenated alkanes) is 2. The molecule has 12 heavy (non-hydrogen) atoms. The van der Waals surface area contributed by atoms with Crippen LogP contribution in [-0.4, -0.2) is 10.5 Å². The number of hydrogen-bond donors (Lipinski definition) is 0. The summed E-state index contributed by atoms with van der Waals surface area (Å²) in [6.07, 6.45) is 4.97. The van der Waals surface area contributed by atoms with Crippen molar-refractivity contribution in [1.82, 2.24) is 0 Å². The van der Waals surface area contributed by atoms with Gasteiger partial charge in [0.05, 0.1) is 0 Å². The van der Waals surface area contributed by atoms with E-state index in [2.05, 4.69) is 39.5 Å². The molecule has 0 atom stereocenters. The van der Waals surface area contributed by atoms with Crippen LogP contribution in [0.15, 0.2) is 0 Å². The Labute approximate surface area is 94.4 Å². The molecule has 0 spiro atoms. The molecular formula is C10H21LiS. The summed E-state index contributed by atoms with van der Waals surface area (Å²) in [5.74, 6) is 1.30. The SMILES string of the molecule is [CH2-]CCCCSC(C)(C)CC.[Li+]. The van der Waals surface area contributed by atoms with E-state index in [1.165, 1.54) is 25.0 Å². The van der Waals surface area contributed by atoms with Crippen molar-refractivity contribution in [1.29, 1.82) is 0 Å². The molecule has 0 N–H and O–H groups in total. The predicted molar refractivity (Wildman–Crippen MR) is 56.0 cm³/mol. The molecule has 0 amide bonds. The standard InChI is InChI=1S/C10H21S.Li/c1-5-7-8-9-11-10(3,4)6-2;/h1,5-9H2,2-4H3;/q-1;+1. The van der Waals surface area contributed by atoms with Crippen molar-refractivity contribution in [2.75, 3.05) is 5.75 Å². The van der Waals surface area contributed by atoms with Crippen molar-refractivity contribution in [3.63, 3.8) is 0 Å².